The quantitative estimate of drug-likeness (QED) is 0.435. The van der Waals surface area contributed by atoms with E-state index in [1.165, 1.54) is 6.07 Å². The van der Waals surface area contributed by atoms with Gasteiger partial charge in [-0.25, -0.2) is 9.18 Å². The van der Waals surface area contributed by atoms with Gasteiger partial charge < -0.3 is 20.3 Å². The number of nitrogens with one attached hydrogen (secondary N) is 1. The van der Waals surface area contributed by atoms with Crippen LogP contribution in [0.3, 0.4) is 0 Å². The van der Waals surface area contributed by atoms with Crippen molar-refractivity contribution in [2.45, 2.75) is 18.1 Å². The first-order valence-corrected chi connectivity index (χ1v) is 10.7. The summed E-state index contributed by atoms with van der Waals surface area (Å²) in [6.07, 6.45) is -3.63. The van der Waals surface area contributed by atoms with Crippen LogP contribution in [0.2, 0.25) is 10.0 Å². The summed E-state index contributed by atoms with van der Waals surface area (Å²) < 4.78 is 19.1. The number of rotatable bonds is 6. The van der Waals surface area contributed by atoms with Crippen LogP contribution >= 0.6 is 23.2 Å². The Labute approximate surface area is 194 Å². The zero-order chi connectivity index (χ0) is 22.8. The molecule has 3 N–H and O–H groups in total. The largest absolute Gasteiger partial charge is 0.449 e. The van der Waals surface area contributed by atoms with Gasteiger partial charge in [-0.15, -0.1) is 0 Å². The standard InChI is InChI=1S/C24H20Cl2FNO4/c25-19-9-13(10-20(27)22(19)26)23(30)21(29)11-28-24(31)32-12-18-16-7-3-1-5-14(16)15-6-2-4-8-17(15)18/h1-10,18,21,23,29-30H,11-12H2,(H,28,31). The topological polar surface area (TPSA) is 78.8 Å². The van der Waals surface area contributed by atoms with Crippen LogP contribution in [-0.2, 0) is 4.74 Å². The summed E-state index contributed by atoms with van der Waals surface area (Å²) in [6.45, 7) is -0.184. The van der Waals surface area contributed by atoms with Crippen LogP contribution in [0.25, 0.3) is 11.1 Å². The molecule has 0 radical (unpaired) electrons. The van der Waals surface area contributed by atoms with Crippen molar-refractivity contribution < 1.29 is 24.1 Å². The van der Waals surface area contributed by atoms with Crippen LogP contribution in [0, 0.1) is 5.82 Å². The smallest absolute Gasteiger partial charge is 0.407 e. The summed E-state index contributed by atoms with van der Waals surface area (Å²) in [5.74, 6) is -0.909. The molecule has 0 bridgehead atoms. The van der Waals surface area contributed by atoms with Crippen molar-refractivity contribution in [3.05, 3.63) is 93.2 Å². The van der Waals surface area contributed by atoms with Crippen LogP contribution < -0.4 is 5.32 Å². The van der Waals surface area contributed by atoms with Crippen molar-refractivity contribution in [2.75, 3.05) is 13.2 Å². The normalized spacial score (nSPS) is 14.4. The number of aliphatic hydroxyl groups excluding tert-OH is 2. The molecule has 166 valence electrons. The number of carbonyl (C=O) groups is 1. The third kappa shape index (κ3) is 4.45. The summed E-state index contributed by atoms with van der Waals surface area (Å²) in [5, 5.41) is 22.5. The number of ether oxygens (including phenoxy) is 1. The fourth-order valence-corrected chi connectivity index (χ4v) is 4.24. The molecule has 1 aliphatic rings. The molecular weight excluding hydrogens is 456 g/mol. The van der Waals surface area contributed by atoms with Gasteiger partial charge in [-0.05, 0) is 39.9 Å². The first-order chi connectivity index (χ1) is 15.4. The maximum absolute atomic E-state index is 13.7. The highest BCUT2D eigenvalue weighted by atomic mass is 35.5. The van der Waals surface area contributed by atoms with E-state index in [0.717, 1.165) is 28.3 Å². The lowest BCUT2D eigenvalue weighted by atomic mass is 9.98. The van der Waals surface area contributed by atoms with Crippen molar-refractivity contribution >= 4 is 29.3 Å². The Kier molecular flexibility index (Phi) is 6.67. The van der Waals surface area contributed by atoms with Gasteiger partial charge in [-0.2, -0.15) is 0 Å². The number of fused-ring (bicyclic) bond motifs is 3. The second kappa shape index (κ2) is 9.46. The Hall–Kier alpha value is -2.64. The van der Waals surface area contributed by atoms with Gasteiger partial charge in [-0.1, -0.05) is 71.7 Å². The number of hydrogen-bond acceptors (Lipinski definition) is 4. The molecule has 0 heterocycles. The van der Waals surface area contributed by atoms with Gasteiger partial charge in [0.2, 0.25) is 0 Å². The van der Waals surface area contributed by atoms with E-state index in [4.69, 9.17) is 27.9 Å². The second-order valence-electron chi connectivity index (χ2n) is 7.52. The summed E-state index contributed by atoms with van der Waals surface area (Å²) in [5.41, 5.74) is 4.44. The lowest BCUT2D eigenvalue weighted by Gasteiger charge is -2.20. The zero-order valence-corrected chi connectivity index (χ0v) is 18.3. The van der Waals surface area contributed by atoms with E-state index >= 15 is 0 Å². The van der Waals surface area contributed by atoms with Gasteiger partial charge in [-0.3, -0.25) is 0 Å². The maximum atomic E-state index is 13.7. The summed E-state index contributed by atoms with van der Waals surface area (Å²) in [4.78, 5) is 12.2. The Balaban J connectivity index is 1.35. The van der Waals surface area contributed by atoms with Crippen LogP contribution in [0.5, 0.6) is 0 Å². The van der Waals surface area contributed by atoms with Gasteiger partial charge in [0.1, 0.15) is 24.6 Å². The Morgan fingerprint density at radius 3 is 2.22 bits per heavy atom. The van der Waals surface area contributed by atoms with Crippen molar-refractivity contribution in [3.8, 4) is 11.1 Å². The summed E-state index contributed by atoms with van der Waals surface area (Å²) >= 11 is 11.5. The van der Waals surface area contributed by atoms with E-state index in [-0.39, 0.29) is 34.7 Å². The molecule has 2 atom stereocenters. The van der Waals surface area contributed by atoms with Crippen molar-refractivity contribution in [1.82, 2.24) is 5.32 Å². The van der Waals surface area contributed by atoms with Gasteiger partial charge in [0.25, 0.3) is 0 Å². The van der Waals surface area contributed by atoms with Gasteiger partial charge in [0.05, 0.1) is 10.0 Å². The predicted molar refractivity (Wildman–Crippen MR) is 120 cm³/mol. The second-order valence-corrected chi connectivity index (χ2v) is 8.30. The first kappa shape index (κ1) is 22.6. The molecule has 1 amide bonds. The molecule has 32 heavy (non-hydrogen) atoms. The van der Waals surface area contributed by atoms with E-state index in [0.29, 0.717) is 0 Å². The minimum Gasteiger partial charge on any atom is -0.449 e. The number of hydrogen-bond donors (Lipinski definition) is 3. The van der Waals surface area contributed by atoms with Crippen molar-refractivity contribution in [1.29, 1.82) is 0 Å². The number of carbonyl (C=O) groups excluding carboxylic acids is 1. The average Bonchev–Trinajstić information content (AvgIpc) is 3.12. The highest BCUT2D eigenvalue weighted by Gasteiger charge is 2.29. The summed E-state index contributed by atoms with van der Waals surface area (Å²) in [7, 11) is 0. The Morgan fingerprint density at radius 1 is 1.03 bits per heavy atom. The van der Waals surface area contributed by atoms with E-state index in [1.54, 1.807) is 0 Å². The molecule has 0 spiro atoms. The van der Waals surface area contributed by atoms with Crippen LogP contribution in [0.1, 0.15) is 28.7 Å². The van der Waals surface area contributed by atoms with Crippen LogP contribution in [0.4, 0.5) is 9.18 Å². The third-order valence-electron chi connectivity index (χ3n) is 5.51. The molecule has 0 saturated heterocycles. The maximum Gasteiger partial charge on any atom is 0.407 e. The predicted octanol–water partition coefficient (Wildman–Crippen LogP) is 5.07. The highest BCUT2D eigenvalue weighted by molar-refractivity contribution is 6.42. The number of alkyl carbamates (subject to hydrolysis) is 1. The number of amides is 1. The number of halogens is 3. The fraction of sp³-hybridized carbons (Fsp3) is 0.208. The van der Waals surface area contributed by atoms with E-state index < -0.39 is 24.1 Å². The molecule has 1 aliphatic carbocycles. The molecular formula is C24H20Cl2FNO4. The SMILES string of the molecule is O=C(NCC(O)C(O)c1cc(F)c(Cl)c(Cl)c1)OCC1c2ccccc2-c2ccccc21. The highest BCUT2D eigenvalue weighted by Crippen LogP contribution is 2.44. The monoisotopic (exact) mass is 475 g/mol. The van der Waals surface area contributed by atoms with Gasteiger partial charge >= 0.3 is 6.09 Å². The van der Waals surface area contributed by atoms with Crippen molar-refractivity contribution in [3.63, 3.8) is 0 Å². The molecule has 4 rings (SSSR count). The Morgan fingerprint density at radius 2 is 1.62 bits per heavy atom. The van der Waals surface area contributed by atoms with E-state index in [9.17, 15) is 19.4 Å². The molecule has 0 saturated carbocycles. The van der Waals surface area contributed by atoms with Crippen LogP contribution in [-0.4, -0.2) is 35.6 Å². The third-order valence-corrected chi connectivity index (χ3v) is 6.29. The number of aliphatic hydroxyl groups is 2. The molecule has 3 aromatic rings. The summed E-state index contributed by atoms with van der Waals surface area (Å²) in [6, 6.07) is 18.2. The van der Waals surface area contributed by atoms with Gasteiger partial charge in [0, 0.05) is 12.5 Å². The zero-order valence-electron chi connectivity index (χ0n) is 16.8. The molecule has 0 aromatic heterocycles. The minimum absolute atomic E-state index is 0.0405. The lowest BCUT2D eigenvalue weighted by molar-refractivity contribution is 0.0184. The molecule has 0 fully saturated rings. The first-order valence-electron chi connectivity index (χ1n) is 9.96. The average molecular weight is 476 g/mol. The molecule has 8 heteroatoms. The fourth-order valence-electron chi connectivity index (χ4n) is 3.92. The molecule has 3 aromatic carbocycles. The van der Waals surface area contributed by atoms with Crippen LogP contribution in [0.15, 0.2) is 60.7 Å². The van der Waals surface area contributed by atoms with E-state index in [1.807, 2.05) is 48.5 Å². The molecule has 0 aliphatic heterocycles. The van der Waals surface area contributed by atoms with Crippen molar-refractivity contribution in [2.24, 2.45) is 0 Å². The van der Waals surface area contributed by atoms with E-state index in [2.05, 4.69) is 5.32 Å². The molecule has 5 nitrogen and oxygen atoms in total. The molecule has 2 unspecified atom stereocenters. The number of benzene rings is 3. The Bertz CT molecular complexity index is 1090. The minimum atomic E-state index is -1.48. The lowest BCUT2D eigenvalue weighted by Crippen LogP contribution is -2.36. The van der Waals surface area contributed by atoms with Gasteiger partial charge in [0.15, 0.2) is 0 Å².